The highest BCUT2D eigenvalue weighted by Gasteiger charge is 2.05. The third-order valence-corrected chi connectivity index (χ3v) is 3.43. The van der Waals surface area contributed by atoms with Gasteiger partial charge in [0, 0.05) is 18.7 Å². The van der Waals surface area contributed by atoms with Gasteiger partial charge in [0.2, 0.25) is 0 Å². The number of hydrogen-bond acceptors (Lipinski definition) is 4. The number of rotatable bonds is 1. The molecule has 1 N–H and O–H groups in total. The SMILES string of the molecule is CNc1cc(=S)c2scc(C)c2o1. The third-order valence-electron chi connectivity index (χ3n) is 1.86. The minimum Gasteiger partial charge on any atom is -0.440 e. The number of anilines is 1. The van der Waals surface area contributed by atoms with E-state index in [1.165, 1.54) is 0 Å². The second-order valence-corrected chi connectivity index (χ2v) is 4.12. The number of hydrogen-bond donors (Lipinski definition) is 1. The molecule has 0 aliphatic carbocycles. The molecule has 2 aromatic heterocycles. The first-order valence-corrected chi connectivity index (χ1v) is 5.21. The lowest BCUT2D eigenvalue weighted by Crippen LogP contribution is -1.86. The minimum absolute atomic E-state index is 0.721. The summed E-state index contributed by atoms with van der Waals surface area (Å²) in [6.07, 6.45) is 0. The van der Waals surface area contributed by atoms with Gasteiger partial charge in [-0.1, -0.05) is 12.2 Å². The maximum absolute atomic E-state index is 5.60. The fraction of sp³-hybridized carbons (Fsp3) is 0.222. The molecule has 0 saturated carbocycles. The normalized spacial score (nSPS) is 10.6. The van der Waals surface area contributed by atoms with Crippen LogP contribution >= 0.6 is 23.6 Å². The standard InChI is InChI=1S/C9H9NOS2/c1-5-4-13-9-6(12)3-7(10-2)11-8(5)9/h3-4,10H,1-2H3. The van der Waals surface area contributed by atoms with Crippen LogP contribution in [0.2, 0.25) is 0 Å². The number of thiophene rings is 1. The summed E-state index contributed by atoms with van der Waals surface area (Å²) in [6.45, 7) is 2.02. The Kier molecular flexibility index (Phi) is 2.09. The van der Waals surface area contributed by atoms with E-state index >= 15 is 0 Å². The highest BCUT2D eigenvalue weighted by Crippen LogP contribution is 2.29. The van der Waals surface area contributed by atoms with E-state index in [-0.39, 0.29) is 0 Å². The molecule has 0 radical (unpaired) electrons. The Bertz CT molecular complexity index is 498. The molecule has 0 unspecified atom stereocenters. The Labute approximate surface area is 85.2 Å². The molecule has 2 rings (SSSR count). The Balaban J connectivity index is 2.88. The van der Waals surface area contributed by atoms with Gasteiger partial charge in [0.05, 0.1) is 9.21 Å². The van der Waals surface area contributed by atoms with Crippen molar-refractivity contribution in [3.63, 3.8) is 0 Å². The first kappa shape index (κ1) is 8.72. The lowest BCUT2D eigenvalue weighted by atomic mass is 10.3. The van der Waals surface area contributed by atoms with Crippen LogP contribution in [0.3, 0.4) is 0 Å². The Morgan fingerprint density at radius 3 is 3.00 bits per heavy atom. The fourth-order valence-electron chi connectivity index (χ4n) is 1.18. The van der Waals surface area contributed by atoms with Crippen LogP contribution < -0.4 is 5.32 Å². The fourth-order valence-corrected chi connectivity index (χ4v) is 2.41. The lowest BCUT2D eigenvalue weighted by Gasteiger charge is -1.99. The molecule has 0 aliphatic rings. The predicted molar refractivity (Wildman–Crippen MR) is 59.2 cm³/mol. The van der Waals surface area contributed by atoms with Gasteiger partial charge in [0.25, 0.3) is 0 Å². The molecule has 0 bridgehead atoms. The molecule has 2 aromatic rings. The molecule has 13 heavy (non-hydrogen) atoms. The Hall–Kier alpha value is -0.870. The highest BCUT2D eigenvalue weighted by atomic mass is 32.1. The predicted octanol–water partition coefficient (Wildman–Crippen LogP) is 3.57. The van der Waals surface area contributed by atoms with Gasteiger partial charge in [-0.05, 0) is 12.3 Å². The van der Waals surface area contributed by atoms with Crippen LogP contribution in [0.15, 0.2) is 15.9 Å². The second-order valence-electron chi connectivity index (χ2n) is 2.80. The first-order chi connectivity index (χ1) is 6.22. The van der Waals surface area contributed by atoms with Gasteiger partial charge in [-0.3, -0.25) is 0 Å². The van der Waals surface area contributed by atoms with E-state index in [2.05, 4.69) is 10.7 Å². The van der Waals surface area contributed by atoms with Gasteiger partial charge < -0.3 is 9.73 Å². The topological polar surface area (TPSA) is 25.2 Å². The highest BCUT2D eigenvalue weighted by molar-refractivity contribution is 7.72. The van der Waals surface area contributed by atoms with Crippen LogP contribution in [-0.2, 0) is 0 Å². The largest absolute Gasteiger partial charge is 0.440 e. The van der Waals surface area contributed by atoms with E-state index in [0.29, 0.717) is 0 Å². The zero-order valence-electron chi connectivity index (χ0n) is 7.38. The van der Waals surface area contributed by atoms with E-state index in [1.807, 2.05) is 20.0 Å². The third kappa shape index (κ3) is 1.36. The molecular weight excluding hydrogens is 202 g/mol. The summed E-state index contributed by atoms with van der Waals surface area (Å²) in [4.78, 5) is 0. The van der Waals surface area contributed by atoms with E-state index in [9.17, 15) is 0 Å². The average molecular weight is 211 g/mol. The molecule has 0 amide bonds. The summed E-state index contributed by atoms with van der Waals surface area (Å²) >= 11 is 6.87. The van der Waals surface area contributed by atoms with Gasteiger partial charge in [-0.25, -0.2) is 0 Å². The monoisotopic (exact) mass is 211 g/mol. The molecular formula is C9H9NOS2. The molecule has 0 atom stereocenters. The van der Waals surface area contributed by atoms with Crippen LogP contribution in [0, 0.1) is 11.4 Å². The molecule has 68 valence electrons. The van der Waals surface area contributed by atoms with Crippen molar-refractivity contribution >= 4 is 39.7 Å². The van der Waals surface area contributed by atoms with Crippen molar-refractivity contribution in [1.29, 1.82) is 0 Å². The lowest BCUT2D eigenvalue weighted by molar-refractivity contribution is 0.619. The summed E-state index contributed by atoms with van der Waals surface area (Å²) in [5, 5.41) is 5.01. The first-order valence-electron chi connectivity index (χ1n) is 3.92. The summed E-state index contributed by atoms with van der Waals surface area (Å²) in [5.74, 6) is 0.721. The van der Waals surface area contributed by atoms with E-state index in [0.717, 1.165) is 26.2 Å². The van der Waals surface area contributed by atoms with Crippen molar-refractivity contribution in [2.45, 2.75) is 6.92 Å². The van der Waals surface area contributed by atoms with Crippen LogP contribution in [0.4, 0.5) is 5.88 Å². The van der Waals surface area contributed by atoms with Gasteiger partial charge in [-0.2, -0.15) is 0 Å². The summed E-state index contributed by atoms with van der Waals surface area (Å²) in [5.41, 5.74) is 2.05. The van der Waals surface area contributed by atoms with Gasteiger partial charge in [0.15, 0.2) is 11.5 Å². The molecule has 0 fully saturated rings. The Morgan fingerprint density at radius 1 is 1.54 bits per heavy atom. The number of aryl methyl sites for hydroxylation is 1. The Morgan fingerprint density at radius 2 is 2.31 bits per heavy atom. The smallest absolute Gasteiger partial charge is 0.194 e. The van der Waals surface area contributed by atoms with E-state index in [1.54, 1.807) is 11.3 Å². The molecule has 0 aliphatic heterocycles. The molecule has 0 spiro atoms. The van der Waals surface area contributed by atoms with Crippen LogP contribution in [0.1, 0.15) is 5.56 Å². The quantitative estimate of drug-likeness (QED) is 0.730. The van der Waals surface area contributed by atoms with Gasteiger partial charge in [0.1, 0.15) is 0 Å². The van der Waals surface area contributed by atoms with Crippen molar-refractivity contribution in [3.05, 3.63) is 21.5 Å². The van der Waals surface area contributed by atoms with Gasteiger partial charge in [-0.15, -0.1) is 11.3 Å². The van der Waals surface area contributed by atoms with Gasteiger partial charge >= 0.3 is 0 Å². The number of nitrogens with one attached hydrogen (secondary N) is 1. The molecule has 2 heterocycles. The maximum atomic E-state index is 5.60. The summed E-state index contributed by atoms with van der Waals surface area (Å²) < 4.78 is 7.51. The average Bonchev–Trinajstić information content (AvgIpc) is 2.48. The van der Waals surface area contributed by atoms with E-state index < -0.39 is 0 Å². The van der Waals surface area contributed by atoms with Crippen LogP contribution in [-0.4, -0.2) is 7.05 Å². The van der Waals surface area contributed by atoms with Crippen LogP contribution in [0.5, 0.6) is 0 Å². The van der Waals surface area contributed by atoms with Crippen molar-refractivity contribution in [2.75, 3.05) is 12.4 Å². The van der Waals surface area contributed by atoms with E-state index in [4.69, 9.17) is 16.6 Å². The zero-order chi connectivity index (χ0) is 9.42. The minimum atomic E-state index is 0.721. The van der Waals surface area contributed by atoms with Crippen molar-refractivity contribution in [2.24, 2.45) is 0 Å². The summed E-state index contributed by atoms with van der Waals surface area (Å²) in [6, 6.07) is 1.84. The molecule has 0 saturated heterocycles. The molecule has 2 nitrogen and oxygen atoms in total. The molecule has 0 aromatic carbocycles. The van der Waals surface area contributed by atoms with Crippen molar-refractivity contribution < 1.29 is 4.42 Å². The zero-order valence-corrected chi connectivity index (χ0v) is 9.01. The van der Waals surface area contributed by atoms with Crippen molar-refractivity contribution in [3.8, 4) is 0 Å². The summed E-state index contributed by atoms with van der Waals surface area (Å²) in [7, 11) is 1.82. The van der Waals surface area contributed by atoms with Crippen molar-refractivity contribution in [1.82, 2.24) is 0 Å². The molecule has 4 heteroatoms. The second kappa shape index (κ2) is 3.12. The maximum Gasteiger partial charge on any atom is 0.194 e. The number of fused-ring (bicyclic) bond motifs is 1. The van der Waals surface area contributed by atoms with Crippen LogP contribution in [0.25, 0.3) is 10.3 Å².